The van der Waals surface area contributed by atoms with E-state index in [1.54, 1.807) is 31.2 Å². The van der Waals surface area contributed by atoms with Gasteiger partial charge < -0.3 is 19.3 Å². The summed E-state index contributed by atoms with van der Waals surface area (Å²) in [6, 6.07) is 9.68. The molecule has 0 unspecified atom stereocenters. The first-order chi connectivity index (χ1) is 12.0. The maximum absolute atomic E-state index is 12.4. The predicted octanol–water partition coefficient (Wildman–Crippen LogP) is 2.57. The Kier molecular flexibility index (Phi) is 5.84. The van der Waals surface area contributed by atoms with E-state index in [0.29, 0.717) is 34.1 Å². The highest BCUT2D eigenvalue weighted by Crippen LogP contribution is 2.38. The fraction of sp³-hybridized carbons (Fsp3) is 0.222. The van der Waals surface area contributed by atoms with E-state index in [0.717, 1.165) is 0 Å². The molecule has 132 valence electrons. The van der Waals surface area contributed by atoms with Crippen LogP contribution in [0.25, 0.3) is 0 Å². The Bertz CT molecular complexity index is 777. The van der Waals surface area contributed by atoms with Gasteiger partial charge in [0.2, 0.25) is 5.75 Å². The number of carbonyl (C=O) groups is 1. The Balaban J connectivity index is 2.24. The molecule has 0 saturated carbocycles. The number of rotatable bonds is 6. The molecule has 0 aliphatic carbocycles. The average molecular weight is 344 g/mol. The molecule has 0 bridgehead atoms. The molecule has 2 aromatic carbocycles. The van der Waals surface area contributed by atoms with Crippen molar-refractivity contribution in [3.63, 3.8) is 0 Å². The van der Waals surface area contributed by atoms with Crippen molar-refractivity contribution in [2.45, 2.75) is 6.92 Å². The number of phenols is 1. The normalized spacial score (nSPS) is 11.0. The van der Waals surface area contributed by atoms with Crippen molar-refractivity contribution in [2.24, 2.45) is 5.10 Å². The van der Waals surface area contributed by atoms with Crippen molar-refractivity contribution in [2.75, 3.05) is 21.3 Å². The summed E-state index contributed by atoms with van der Waals surface area (Å²) in [5.41, 5.74) is 4.03. The summed E-state index contributed by atoms with van der Waals surface area (Å²) < 4.78 is 15.7. The van der Waals surface area contributed by atoms with Crippen LogP contribution in [0.5, 0.6) is 23.0 Å². The minimum absolute atomic E-state index is 0.128. The van der Waals surface area contributed by atoms with Gasteiger partial charge in [-0.3, -0.25) is 4.79 Å². The third-order valence-corrected chi connectivity index (χ3v) is 3.52. The lowest BCUT2D eigenvalue weighted by Gasteiger charge is -2.13. The van der Waals surface area contributed by atoms with Crippen LogP contribution in [0.15, 0.2) is 41.5 Å². The van der Waals surface area contributed by atoms with Crippen LogP contribution in [-0.4, -0.2) is 38.1 Å². The molecule has 25 heavy (non-hydrogen) atoms. The Morgan fingerprint density at radius 3 is 2.16 bits per heavy atom. The monoisotopic (exact) mass is 344 g/mol. The van der Waals surface area contributed by atoms with E-state index in [4.69, 9.17) is 14.2 Å². The van der Waals surface area contributed by atoms with Crippen molar-refractivity contribution >= 4 is 11.6 Å². The first-order valence-corrected chi connectivity index (χ1v) is 7.44. The molecule has 0 radical (unpaired) electrons. The molecule has 0 spiro atoms. The van der Waals surface area contributed by atoms with Gasteiger partial charge in [-0.2, -0.15) is 5.10 Å². The maximum atomic E-state index is 12.4. The van der Waals surface area contributed by atoms with Gasteiger partial charge in [0.05, 0.1) is 27.0 Å². The molecule has 0 fully saturated rings. The number of hydrogen-bond donors (Lipinski definition) is 2. The zero-order valence-corrected chi connectivity index (χ0v) is 14.5. The highest BCUT2D eigenvalue weighted by atomic mass is 16.5. The molecular formula is C18H20N2O5. The lowest BCUT2D eigenvalue weighted by atomic mass is 10.1. The molecule has 0 aromatic heterocycles. The lowest BCUT2D eigenvalue weighted by molar-refractivity contribution is 0.0954. The predicted molar refractivity (Wildman–Crippen MR) is 93.9 cm³/mol. The van der Waals surface area contributed by atoms with Gasteiger partial charge in [-0.25, -0.2) is 5.43 Å². The van der Waals surface area contributed by atoms with Crippen molar-refractivity contribution in [3.05, 3.63) is 47.5 Å². The third kappa shape index (κ3) is 4.20. The molecule has 0 saturated heterocycles. The number of amides is 1. The molecule has 7 nitrogen and oxygen atoms in total. The second-order valence-corrected chi connectivity index (χ2v) is 5.10. The van der Waals surface area contributed by atoms with Crippen LogP contribution in [0.2, 0.25) is 0 Å². The third-order valence-electron chi connectivity index (χ3n) is 3.52. The Morgan fingerprint density at radius 1 is 1.00 bits per heavy atom. The van der Waals surface area contributed by atoms with Gasteiger partial charge in [-0.1, -0.05) is 12.1 Å². The summed E-state index contributed by atoms with van der Waals surface area (Å²) in [6.45, 7) is 1.73. The van der Waals surface area contributed by atoms with Gasteiger partial charge >= 0.3 is 0 Å². The Morgan fingerprint density at radius 2 is 1.64 bits per heavy atom. The standard InChI is InChI=1S/C18H20N2O5/c1-11(12-6-5-7-14(21)8-12)19-20-18(22)13-9-15(23-2)17(25-4)16(10-13)24-3/h5-10,21H,1-4H3,(H,20,22)/b19-11+. The second-order valence-electron chi connectivity index (χ2n) is 5.10. The van der Waals surface area contributed by atoms with Gasteiger partial charge in [0.15, 0.2) is 11.5 Å². The number of methoxy groups -OCH3 is 3. The van der Waals surface area contributed by atoms with Crippen molar-refractivity contribution < 1.29 is 24.1 Å². The van der Waals surface area contributed by atoms with Gasteiger partial charge in [-0.05, 0) is 31.2 Å². The molecular weight excluding hydrogens is 324 g/mol. The van der Waals surface area contributed by atoms with Gasteiger partial charge in [0, 0.05) is 11.1 Å². The largest absolute Gasteiger partial charge is 0.508 e. The highest BCUT2D eigenvalue weighted by Gasteiger charge is 2.16. The van der Waals surface area contributed by atoms with Crippen LogP contribution in [0.3, 0.4) is 0 Å². The summed E-state index contributed by atoms with van der Waals surface area (Å²) in [5.74, 6) is 0.851. The van der Waals surface area contributed by atoms with Crippen molar-refractivity contribution in [1.29, 1.82) is 0 Å². The van der Waals surface area contributed by atoms with Crippen LogP contribution in [0.1, 0.15) is 22.8 Å². The minimum Gasteiger partial charge on any atom is -0.508 e. The smallest absolute Gasteiger partial charge is 0.271 e. The summed E-state index contributed by atoms with van der Waals surface area (Å²) in [5, 5.41) is 13.6. The molecule has 0 heterocycles. The topological polar surface area (TPSA) is 89.4 Å². The zero-order valence-electron chi connectivity index (χ0n) is 14.5. The Hall–Kier alpha value is -3.22. The summed E-state index contributed by atoms with van der Waals surface area (Å²) >= 11 is 0. The van der Waals surface area contributed by atoms with E-state index in [1.807, 2.05) is 0 Å². The van der Waals surface area contributed by atoms with E-state index in [9.17, 15) is 9.90 Å². The van der Waals surface area contributed by atoms with E-state index in [2.05, 4.69) is 10.5 Å². The van der Waals surface area contributed by atoms with Crippen LogP contribution in [0, 0.1) is 0 Å². The molecule has 0 aliphatic heterocycles. The molecule has 1 amide bonds. The minimum atomic E-state index is -0.432. The second kappa shape index (κ2) is 8.05. The van der Waals surface area contributed by atoms with E-state index < -0.39 is 5.91 Å². The average Bonchev–Trinajstić information content (AvgIpc) is 2.64. The molecule has 2 N–H and O–H groups in total. The van der Waals surface area contributed by atoms with Crippen molar-refractivity contribution in [1.82, 2.24) is 5.43 Å². The van der Waals surface area contributed by atoms with E-state index in [1.165, 1.54) is 33.5 Å². The molecule has 0 atom stereocenters. The number of hydrogen-bond acceptors (Lipinski definition) is 6. The number of hydrazone groups is 1. The first-order valence-electron chi connectivity index (χ1n) is 7.44. The summed E-state index contributed by atoms with van der Waals surface area (Å²) in [6.07, 6.45) is 0. The van der Waals surface area contributed by atoms with Gasteiger partial charge in [0.25, 0.3) is 5.91 Å². The molecule has 2 rings (SSSR count). The number of phenolic OH excluding ortho intramolecular Hbond substituents is 1. The lowest BCUT2D eigenvalue weighted by Crippen LogP contribution is -2.19. The van der Waals surface area contributed by atoms with Gasteiger partial charge in [-0.15, -0.1) is 0 Å². The number of ether oxygens (including phenoxy) is 3. The molecule has 0 aliphatic rings. The SMILES string of the molecule is COc1cc(C(=O)N/N=C(\C)c2cccc(O)c2)cc(OC)c1OC. The fourth-order valence-corrected chi connectivity index (χ4v) is 2.21. The van der Waals surface area contributed by atoms with Crippen LogP contribution in [-0.2, 0) is 0 Å². The fourth-order valence-electron chi connectivity index (χ4n) is 2.21. The zero-order chi connectivity index (χ0) is 18.4. The summed E-state index contributed by atoms with van der Waals surface area (Å²) in [4.78, 5) is 12.4. The number of benzene rings is 2. The summed E-state index contributed by atoms with van der Waals surface area (Å²) in [7, 11) is 4.44. The van der Waals surface area contributed by atoms with Gasteiger partial charge in [0.1, 0.15) is 5.75 Å². The van der Waals surface area contributed by atoms with Crippen molar-refractivity contribution in [3.8, 4) is 23.0 Å². The quantitative estimate of drug-likeness (QED) is 0.621. The maximum Gasteiger partial charge on any atom is 0.271 e. The number of carbonyl (C=O) groups excluding carboxylic acids is 1. The van der Waals surface area contributed by atoms with E-state index >= 15 is 0 Å². The highest BCUT2D eigenvalue weighted by molar-refractivity contribution is 6.01. The Labute approximate surface area is 145 Å². The number of nitrogens with zero attached hydrogens (tertiary/aromatic N) is 1. The van der Waals surface area contributed by atoms with Crippen LogP contribution < -0.4 is 19.6 Å². The molecule has 7 heteroatoms. The van der Waals surface area contributed by atoms with Crippen LogP contribution >= 0.6 is 0 Å². The molecule has 2 aromatic rings. The number of nitrogens with one attached hydrogen (secondary N) is 1. The van der Waals surface area contributed by atoms with E-state index in [-0.39, 0.29) is 5.75 Å². The van der Waals surface area contributed by atoms with Crippen LogP contribution in [0.4, 0.5) is 0 Å². The first kappa shape index (κ1) is 18.1. The number of aromatic hydroxyl groups is 1.